The zero-order valence-corrected chi connectivity index (χ0v) is 22.0. The number of hydrogen-bond donors (Lipinski definition) is 1. The highest BCUT2D eigenvalue weighted by atomic mass is 19.4. The van der Waals surface area contributed by atoms with Gasteiger partial charge in [0.25, 0.3) is 5.89 Å². The van der Waals surface area contributed by atoms with E-state index in [9.17, 15) is 18.0 Å². The summed E-state index contributed by atoms with van der Waals surface area (Å²) in [5, 5.41) is 10.5. The number of aromatic nitrogens is 3. The van der Waals surface area contributed by atoms with Crippen LogP contribution in [0.25, 0.3) is 11.6 Å². The largest absolute Gasteiger partial charge is 0.477 e. The molecule has 0 radical (unpaired) electrons. The Balaban J connectivity index is 1.73. The van der Waals surface area contributed by atoms with Crippen LogP contribution < -0.4 is 10.1 Å². The van der Waals surface area contributed by atoms with Crippen molar-refractivity contribution in [1.82, 2.24) is 15.2 Å². The lowest BCUT2D eigenvalue weighted by molar-refractivity contribution is -0.139. The predicted molar refractivity (Wildman–Crippen MR) is 135 cm³/mol. The summed E-state index contributed by atoms with van der Waals surface area (Å²) in [7, 11) is 0. The number of pyridine rings is 1. The van der Waals surface area contributed by atoms with Gasteiger partial charge in [-0.15, -0.1) is 10.2 Å². The zero-order chi connectivity index (χ0) is 28.0. The van der Waals surface area contributed by atoms with Gasteiger partial charge in [-0.1, -0.05) is 49.6 Å². The molecule has 1 unspecified atom stereocenters. The third kappa shape index (κ3) is 7.92. The average Bonchev–Trinajstić information content (AvgIpc) is 3.34. The Morgan fingerprint density at radius 1 is 1.08 bits per heavy atom. The van der Waals surface area contributed by atoms with Crippen LogP contribution in [0.1, 0.15) is 76.0 Å². The van der Waals surface area contributed by atoms with Crippen molar-refractivity contribution in [3.05, 3.63) is 53.4 Å². The smallest absolute Gasteiger partial charge is 0.421 e. The number of amides is 1. The molecule has 4 bridgehead atoms. The van der Waals surface area contributed by atoms with Gasteiger partial charge in [-0.3, -0.25) is 5.32 Å². The van der Waals surface area contributed by atoms with Gasteiger partial charge in [0.2, 0.25) is 11.8 Å². The third-order valence-corrected chi connectivity index (χ3v) is 5.74. The first-order valence-corrected chi connectivity index (χ1v) is 12.7. The minimum absolute atomic E-state index is 0.0391. The number of hydrogen-bond acceptors (Lipinski definition) is 8. The van der Waals surface area contributed by atoms with E-state index in [0.29, 0.717) is 19.4 Å². The van der Waals surface area contributed by atoms with Crippen LogP contribution in [-0.4, -0.2) is 33.5 Å². The van der Waals surface area contributed by atoms with Crippen LogP contribution in [0.5, 0.6) is 5.88 Å². The predicted octanol–water partition coefficient (Wildman–Crippen LogP) is 7.10. The van der Waals surface area contributed by atoms with E-state index in [1.54, 1.807) is 20.8 Å². The van der Waals surface area contributed by atoms with Crippen molar-refractivity contribution in [2.45, 2.75) is 77.4 Å². The molecular formula is C27H31F3N4O5. The van der Waals surface area contributed by atoms with E-state index in [4.69, 9.17) is 18.6 Å². The highest BCUT2D eigenvalue weighted by Gasteiger charge is 2.38. The van der Waals surface area contributed by atoms with Crippen LogP contribution in [0, 0.1) is 0 Å². The minimum atomic E-state index is -4.80. The van der Waals surface area contributed by atoms with E-state index in [1.165, 1.54) is 0 Å². The van der Waals surface area contributed by atoms with Crippen LogP contribution in [0.4, 0.5) is 23.7 Å². The average molecular weight is 549 g/mol. The van der Waals surface area contributed by atoms with Gasteiger partial charge in [0.05, 0.1) is 18.9 Å². The van der Waals surface area contributed by atoms with Gasteiger partial charge in [0, 0.05) is 0 Å². The SMILES string of the molecule is CC(C)(C)OC(=O)Nc1cc(C(F)(F)F)c2nc1-c1nnc(o1)C(OCc1ccccc1)CCCCCCO2. The Kier molecular flexibility index (Phi) is 8.73. The fourth-order valence-corrected chi connectivity index (χ4v) is 3.95. The van der Waals surface area contributed by atoms with E-state index in [0.717, 1.165) is 30.9 Å². The Labute approximate surface area is 224 Å². The minimum Gasteiger partial charge on any atom is -0.477 e. The molecular weight excluding hydrogens is 517 g/mol. The van der Waals surface area contributed by atoms with Crippen LogP contribution in [0.2, 0.25) is 0 Å². The molecule has 1 aliphatic rings. The standard InChI is InChI=1S/C27H31F3N4O5/c1-26(2,3)39-25(35)31-19-15-18(27(28,29)30)22-32-21(19)24-34-33-23(38-24)20(13-9-4-5-10-14-36-22)37-16-17-11-7-6-8-12-17/h6-8,11-12,15,20H,4-5,9-10,13-14,16H2,1-3H3,(H,31,35). The maximum atomic E-state index is 14.0. The number of nitrogens with zero attached hydrogens (tertiary/aromatic N) is 3. The second-order valence-electron chi connectivity index (χ2n) is 10.1. The lowest BCUT2D eigenvalue weighted by atomic mass is 10.1. The second kappa shape index (κ2) is 12.0. The Hall–Kier alpha value is -3.67. The summed E-state index contributed by atoms with van der Waals surface area (Å²) in [6.45, 7) is 5.25. The molecule has 3 aromatic rings. The number of nitrogens with one attached hydrogen (secondary N) is 1. The lowest BCUT2D eigenvalue weighted by Crippen LogP contribution is -2.27. The highest BCUT2D eigenvalue weighted by molar-refractivity contribution is 5.89. The van der Waals surface area contributed by atoms with E-state index < -0.39 is 35.4 Å². The fraction of sp³-hybridized carbons (Fsp3) is 0.481. The summed E-state index contributed by atoms with van der Waals surface area (Å²) < 4.78 is 64.6. The van der Waals surface area contributed by atoms with Crippen LogP contribution in [0.3, 0.4) is 0 Å². The van der Waals surface area contributed by atoms with Crippen molar-refractivity contribution in [3.63, 3.8) is 0 Å². The molecule has 2 aromatic heterocycles. The monoisotopic (exact) mass is 548 g/mol. The molecule has 0 aliphatic carbocycles. The molecule has 39 heavy (non-hydrogen) atoms. The molecule has 0 fully saturated rings. The van der Waals surface area contributed by atoms with Gasteiger partial charge in [-0.2, -0.15) is 13.2 Å². The quantitative estimate of drug-likeness (QED) is 0.368. The van der Waals surface area contributed by atoms with Gasteiger partial charge in [-0.05, 0) is 45.2 Å². The number of anilines is 1. The number of carbonyl (C=O) groups is 1. The van der Waals surface area contributed by atoms with Crippen molar-refractivity contribution in [1.29, 1.82) is 0 Å². The first kappa shape index (κ1) is 28.3. The number of ether oxygens (including phenoxy) is 3. The van der Waals surface area contributed by atoms with Crippen molar-refractivity contribution in [2.75, 3.05) is 11.9 Å². The summed E-state index contributed by atoms with van der Waals surface area (Å²) >= 11 is 0. The lowest BCUT2D eigenvalue weighted by Gasteiger charge is -2.21. The Morgan fingerprint density at radius 2 is 1.82 bits per heavy atom. The molecule has 0 saturated heterocycles. The molecule has 0 saturated carbocycles. The van der Waals surface area contributed by atoms with Gasteiger partial charge in [0.1, 0.15) is 17.3 Å². The highest BCUT2D eigenvalue weighted by Crippen LogP contribution is 2.41. The summed E-state index contributed by atoms with van der Waals surface area (Å²) in [6, 6.07) is 10.3. The van der Waals surface area contributed by atoms with E-state index in [1.807, 2.05) is 30.3 Å². The van der Waals surface area contributed by atoms with Gasteiger partial charge < -0.3 is 18.6 Å². The number of benzene rings is 1. The number of rotatable bonds is 4. The first-order valence-electron chi connectivity index (χ1n) is 12.7. The maximum absolute atomic E-state index is 14.0. The van der Waals surface area contributed by atoms with Crippen LogP contribution >= 0.6 is 0 Å². The molecule has 210 valence electrons. The molecule has 1 aliphatic heterocycles. The molecule has 3 heterocycles. The topological polar surface area (TPSA) is 109 Å². The van der Waals surface area contributed by atoms with Crippen molar-refractivity contribution in [3.8, 4) is 17.5 Å². The summed E-state index contributed by atoms with van der Waals surface area (Å²) in [4.78, 5) is 16.6. The molecule has 0 spiro atoms. The number of fused-ring (bicyclic) bond motifs is 5. The molecule has 1 N–H and O–H groups in total. The third-order valence-electron chi connectivity index (χ3n) is 5.74. The number of halogens is 3. The molecule has 4 rings (SSSR count). The van der Waals surface area contributed by atoms with Crippen molar-refractivity contribution < 1.29 is 36.6 Å². The summed E-state index contributed by atoms with van der Waals surface area (Å²) in [5.74, 6) is -0.675. The normalized spacial score (nSPS) is 16.6. The van der Waals surface area contributed by atoms with E-state index in [2.05, 4.69) is 20.5 Å². The number of alkyl halides is 3. The van der Waals surface area contributed by atoms with E-state index >= 15 is 0 Å². The Morgan fingerprint density at radius 3 is 2.54 bits per heavy atom. The fourth-order valence-electron chi connectivity index (χ4n) is 3.95. The molecule has 1 aromatic carbocycles. The van der Waals surface area contributed by atoms with Gasteiger partial charge in [0.15, 0.2) is 5.69 Å². The molecule has 9 nitrogen and oxygen atoms in total. The van der Waals surface area contributed by atoms with Gasteiger partial charge in [-0.25, -0.2) is 9.78 Å². The second-order valence-corrected chi connectivity index (χ2v) is 10.1. The van der Waals surface area contributed by atoms with E-state index in [-0.39, 0.29) is 29.8 Å². The van der Waals surface area contributed by atoms with Crippen LogP contribution in [-0.2, 0) is 22.3 Å². The summed E-state index contributed by atoms with van der Waals surface area (Å²) in [6.07, 6.45) is -2.82. The summed E-state index contributed by atoms with van der Waals surface area (Å²) in [5.41, 5.74) is -1.56. The molecule has 1 amide bonds. The first-order chi connectivity index (χ1) is 18.5. The molecule has 12 heteroatoms. The zero-order valence-electron chi connectivity index (χ0n) is 22.0. The van der Waals surface area contributed by atoms with Crippen molar-refractivity contribution in [2.24, 2.45) is 0 Å². The molecule has 1 atom stereocenters. The maximum Gasteiger partial charge on any atom is 0.421 e. The number of carbonyl (C=O) groups excluding carboxylic acids is 1. The Bertz CT molecular complexity index is 1260. The van der Waals surface area contributed by atoms with Crippen LogP contribution in [0.15, 0.2) is 40.8 Å². The van der Waals surface area contributed by atoms with Crippen molar-refractivity contribution >= 4 is 11.8 Å². The van der Waals surface area contributed by atoms with Gasteiger partial charge >= 0.3 is 12.3 Å².